The van der Waals surface area contributed by atoms with Gasteiger partial charge in [-0.05, 0) is 49.4 Å². The number of para-hydroxylation sites is 2. The summed E-state index contributed by atoms with van der Waals surface area (Å²) in [4.78, 5) is 12.8. The van der Waals surface area contributed by atoms with Gasteiger partial charge in [-0.25, -0.2) is 8.42 Å². The van der Waals surface area contributed by atoms with Crippen molar-refractivity contribution in [2.24, 2.45) is 0 Å². The molecule has 0 radical (unpaired) electrons. The zero-order valence-corrected chi connectivity index (χ0v) is 18.9. The molecule has 32 heavy (non-hydrogen) atoms. The molecule has 0 atom stereocenters. The van der Waals surface area contributed by atoms with Gasteiger partial charge in [-0.1, -0.05) is 18.2 Å². The first-order valence-electron chi connectivity index (χ1n) is 9.59. The van der Waals surface area contributed by atoms with Crippen LogP contribution in [0.1, 0.15) is 15.9 Å². The van der Waals surface area contributed by atoms with Gasteiger partial charge in [0.1, 0.15) is 17.2 Å². The van der Waals surface area contributed by atoms with Crippen molar-refractivity contribution < 1.29 is 27.4 Å². The van der Waals surface area contributed by atoms with E-state index in [1.54, 1.807) is 48.5 Å². The molecule has 0 bridgehead atoms. The molecule has 0 aliphatic heterocycles. The zero-order chi connectivity index (χ0) is 23.3. The van der Waals surface area contributed by atoms with Crippen LogP contribution in [0.3, 0.4) is 0 Å². The van der Waals surface area contributed by atoms with Crippen molar-refractivity contribution in [3.05, 3.63) is 71.8 Å². The molecule has 0 aromatic heterocycles. The van der Waals surface area contributed by atoms with E-state index in [1.807, 2.05) is 6.92 Å². The van der Waals surface area contributed by atoms with Crippen molar-refractivity contribution in [2.45, 2.75) is 11.8 Å². The van der Waals surface area contributed by atoms with Crippen molar-refractivity contribution in [1.82, 2.24) is 0 Å². The van der Waals surface area contributed by atoms with Gasteiger partial charge in [0, 0.05) is 16.8 Å². The highest BCUT2D eigenvalue weighted by Gasteiger charge is 2.18. The number of hydrogen-bond acceptors (Lipinski definition) is 6. The minimum atomic E-state index is -3.92. The Labute approximate surface area is 187 Å². The largest absolute Gasteiger partial charge is 0.496 e. The van der Waals surface area contributed by atoms with E-state index in [0.717, 1.165) is 5.56 Å². The molecule has 0 unspecified atom stereocenters. The summed E-state index contributed by atoms with van der Waals surface area (Å²) >= 11 is 0. The molecule has 0 spiro atoms. The number of anilines is 2. The molecular weight excluding hydrogens is 432 g/mol. The lowest BCUT2D eigenvalue weighted by Gasteiger charge is -2.14. The fraction of sp³-hybridized carbons (Fsp3) is 0.174. The second-order valence-corrected chi connectivity index (χ2v) is 8.48. The lowest BCUT2D eigenvalue weighted by atomic mass is 10.1. The third-order valence-electron chi connectivity index (χ3n) is 4.77. The van der Waals surface area contributed by atoms with Crippen LogP contribution in [0.2, 0.25) is 0 Å². The number of nitrogens with one attached hydrogen (secondary N) is 2. The Kier molecular flexibility index (Phi) is 6.89. The van der Waals surface area contributed by atoms with E-state index in [2.05, 4.69) is 10.0 Å². The number of hydrogen-bond donors (Lipinski definition) is 2. The summed E-state index contributed by atoms with van der Waals surface area (Å²) in [5.41, 5.74) is 1.70. The predicted molar refractivity (Wildman–Crippen MR) is 122 cm³/mol. The lowest BCUT2D eigenvalue weighted by molar-refractivity contribution is 0.102. The highest BCUT2D eigenvalue weighted by Crippen LogP contribution is 2.30. The van der Waals surface area contributed by atoms with Crippen molar-refractivity contribution >= 4 is 27.3 Å². The van der Waals surface area contributed by atoms with Gasteiger partial charge in [0.25, 0.3) is 15.9 Å². The van der Waals surface area contributed by atoms with Crippen LogP contribution in [0.15, 0.2) is 65.6 Å². The van der Waals surface area contributed by atoms with Crippen molar-refractivity contribution in [3.63, 3.8) is 0 Å². The van der Waals surface area contributed by atoms with Gasteiger partial charge in [0.15, 0.2) is 0 Å². The summed E-state index contributed by atoms with van der Waals surface area (Å²) in [5, 5.41) is 2.71. The Balaban J connectivity index is 1.86. The number of methoxy groups -OCH3 is 3. The van der Waals surface area contributed by atoms with Crippen LogP contribution in [0.4, 0.5) is 11.4 Å². The highest BCUT2D eigenvalue weighted by molar-refractivity contribution is 7.92. The topological polar surface area (TPSA) is 103 Å². The summed E-state index contributed by atoms with van der Waals surface area (Å²) in [6, 6.07) is 15.8. The number of ether oxygens (including phenoxy) is 3. The summed E-state index contributed by atoms with van der Waals surface area (Å²) in [5.74, 6) is 0.968. The van der Waals surface area contributed by atoms with Crippen molar-refractivity contribution in [2.75, 3.05) is 31.4 Å². The van der Waals surface area contributed by atoms with Crippen LogP contribution in [-0.2, 0) is 10.0 Å². The second-order valence-electron chi connectivity index (χ2n) is 6.79. The molecule has 3 aromatic rings. The maximum absolute atomic E-state index is 12.9. The zero-order valence-electron chi connectivity index (χ0n) is 18.1. The molecule has 2 N–H and O–H groups in total. The van der Waals surface area contributed by atoms with Gasteiger partial charge in [-0.2, -0.15) is 0 Å². The third-order valence-corrected chi connectivity index (χ3v) is 6.13. The van der Waals surface area contributed by atoms with Crippen LogP contribution in [0, 0.1) is 6.92 Å². The van der Waals surface area contributed by atoms with Gasteiger partial charge in [0.2, 0.25) is 0 Å². The van der Waals surface area contributed by atoms with Gasteiger partial charge >= 0.3 is 0 Å². The van der Waals surface area contributed by atoms with Crippen LogP contribution < -0.4 is 24.2 Å². The van der Waals surface area contributed by atoms with E-state index < -0.39 is 15.9 Å². The maximum atomic E-state index is 12.9. The molecule has 0 saturated heterocycles. The number of sulfonamides is 1. The Morgan fingerprint density at radius 2 is 1.44 bits per heavy atom. The van der Waals surface area contributed by atoms with Gasteiger partial charge in [-0.3, -0.25) is 9.52 Å². The number of benzene rings is 3. The molecule has 1 amide bonds. The second kappa shape index (κ2) is 9.61. The number of carbonyl (C=O) groups excluding carboxylic acids is 1. The molecule has 168 valence electrons. The van der Waals surface area contributed by atoms with Crippen LogP contribution in [0.5, 0.6) is 17.2 Å². The first-order valence-corrected chi connectivity index (χ1v) is 11.1. The van der Waals surface area contributed by atoms with E-state index in [1.165, 1.54) is 33.5 Å². The van der Waals surface area contributed by atoms with E-state index in [0.29, 0.717) is 34.2 Å². The van der Waals surface area contributed by atoms with Crippen LogP contribution in [0.25, 0.3) is 0 Å². The van der Waals surface area contributed by atoms with Crippen LogP contribution in [-0.4, -0.2) is 35.7 Å². The molecule has 0 aliphatic carbocycles. The molecule has 0 fully saturated rings. The molecule has 0 saturated carbocycles. The molecular formula is C23H24N2O6S. The molecule has 3 rings (SSSR count). The minimum absolute atomic E-state index is 0.0136. The van der Waals surface area contributed by atoms with E-state index in [-0.39, 0.29) is 4.90 Å². The van der Waals surface area contributed by atoms with Crippen molar-refractivity contribution in [3.8, 4) is 17.2 Å². The van der Waals surface area contributed by atoms with Gasteiger partial charge < -0.3 is 19.5 Å². The van der Waals surface area contributed by atoms with Gasteiger partial charge in [0.05, 0.1) is 31.9 Å². The lowest BCUT2D eigenvalue weighted by Crippen LogP contribution is -2.15. The first-order chi connectivity index (χ1) is 15.3. The smallest absolute Gasteiger partial charge is 0.262 e. The fourth-order valence-corrected chi connectivity index (χ4v) is 4.21. The monoisotopic (exact) mass is 456 g/mol. The fourth-order valence-electron chi connectivity index (χ4n) is 3.09. The summed E-state index contributed by atoms with van der Waals surface area (Å²) in [7, 11) is 0.553. The quantitative estimate of drug-likeness (QED) is 0.530. The number of rotatable bonds is 8. The van der Waals surface area contributed by atoms with Crippen molar-refractivity contribution in [1.29, 1.82) is 0 Å². The number of carbonyl (C=O) groups is 1. The Morgan fingerprint density at radius 3 is 2.06 bits per heavy atom. The molecule has 0 aliphatic rings. The number of amides is 1. The summed E-state index contributed by atoms with van der Waals surface area (Å²) in [6.45, 7) is 1.82. The third kappa shape index (κ3) is 4.94. The molecule has 3 aromatic carbocycles. The summed E-state index contributed by atoms with van der Waals surface area (Å²) < 4.78 is 44.1. The SMILES string of the molecule is COc1ccccc1NS(=O)(=O)c1cccc(NC(=O)c2cc(OC)c(C)c(OC)c2)c1. The predicted octanol–water partition coefficient (Wildman–Crippen LogP) is 4.07. The maximum Gasteiger partial charge on any atom is 0.262 e. The van der Waals surface area contributed by atoms with Gasteiger partial charge in [-0.15, -0.1) is 0 Å². The molecule has 0 heterocycles. The summed E-state index contributed by atoms with van der Waals surface area (Å²) in [6.07, 6.45) is 0. The molecule has 9 heteroatoms. The molecule has 8 nitrogen and oxygen atoms in total. The Morgan fingerprint density at radius 1 is 0.812 bits per heavy atom. The first kappa shape index (κ1) is 23.0. The normalized spacial score (nSPS) is 10.9. The van der Waals surface area contributed by atoms with E-state index in [4.69, 9.17) is 14.2 Å². The van der Waals surface area contributed by atoms with E-state index >= 15 is 0 Å². The van der Waals surface area contributed by atoms with Crippen LogP contribution >= 0.6 is 0 Å². The highest BCUT2D eigenvalue weighted by atomic mass is 32.2. The Bertz CT molecular complexity index is 1220. The Hall–Kier alpha value is -3.72. The standard InChI is InChI=1S/C23H24N2O6S/c1-15-21(30-3)12-16(13-22(15)31-4)23(26)24-17-8-7-9-18(14-17)32(27,28)25-19-10-5-6-11-20(19)29-2/h5-14,25H,1-4H3,(H,24,26). The average molecular weight is 457 g/mol. The van der Waals surface area contributed by atoms with E-state index in [9.17, 15) is 13.2 Å². The average Bonchev–Trinajstić information content (AvgIpc) is 2.79. The minimum Gasteiger partial charge on any atom is -0.496 e.